The SMILES string of the molecule is COc1ccccc1C(O)COCCOc1ccccc1. The highest BCUT2D eigenvalue weighted by molar-refractivity contribution is 5.34. The standard InChI is InChI=1S/C17H20O4/c1-19-17-10-6-5-9-15(17)16(18)13-20-11-12-21-14-7-3-2-4-8-14/h2-10,16,18H,11-13H2,1H3. The zero-order valence-corrected chi connectivity index (χ0v) is 12.1. The summed E-state index contributed by atoms with van der Waals surface area (Å²) in [5, 5.41) is 10.1. The van der Waals surface area contributed by atoms with Crippen LogP contribution in [-0.2, 0) is 4.74 Å². The van der Waals surface area contributed by atoms with Gasteiger partial charge >= 0.3 is 0 Å². The van der Waals surface area contributed by atoms with Crippen LogP contribution in [0, 0.1) is 0 Å². The molecule has 4 nitrogen and oxygen atoms in total. The van der Waals surface area contributed by atoms with Crippen LogP contribution in [0.1, 0.15) is 11.7 Å². The molecule has 1 unspecified atom stereocenters. The minimum absolute atomic E-state index is 0.207. The van der Waals surface area contributed by atoms with E-state index in [2.05, 4.69) is 0 Å². The lowest BCUT2D eigenvalue weighted by molar-refractivity contribution is 0.0230. The van der Waals surface area contributed by atoms with Crippen molar-refractivity contribution in [2.24, 2.45) is 0 Å². The zero-order valence-electron chi connectivity index (χ0n) is 12.1. The Kier molecular flexibility index (Phi) is 6.06. The van der Waals surface area contributed by atoms with Gasteiger partial charge in [-0.2, -0.15) is 0 Å². The summed E-state index contributed by atoms with van der Waals surface area (Å²) in [5.74, 6) is 1.47. The first-order chi connectivity index (χ1) is 10.3. The maximum atomic E-state index is 10.1. The van der Waals surface area contributed by atoms with E-state index in [4.69, 9.17) is 14.2 Å². The number of para-hydroxylation sites is 2. The highest BCUT2D eigenvalue weighted by Crippen LogP contribution is 2.24. The van der Waals surface area contributed by atoms with Crippen molar-refractivity contribution in [1.29, 1.82) is 0 Å². The predicted octanol–water partition coefficient (Wildman–Crippen LogP) is 2.82. The summed E-state index contributed by atoms with van der Waals surface area (Å²) < 4.78 is 16.2. The van der Waals surface area contributed by atoms with E-state index in [9.17, 15) is 5.11 Å². The van der Waals surface area contributed by atoms with E-state index >= 15 is 0 Å². The minimum atomic E-state index is -0.710. The normalized spacial score (nSPS) is 11.9. The number of aliphatic hydroxyl groups is 1. The zero-order chi connectivity index (χ0) is 14.9. The Morgan fingerprint density at radius 1 is 0.952 bits per heavy atom. The van der Waals surface area contributed by atoms with Gasteiger partial charge in [-0.3, -0.25) is 0 Å². The second-order valence-corrected chi connectivity index (χ2v) is 4.49. The highest BCUT2D eigenvalue weighted by Gasteiger charge is 2.12. The number of rotatable bonds is 8. The number of methoxy groups -OCH3 is 1. The van der Waals surface area contributed by atoms with E-state index < -0.39 is 6.10 Å². The van der Waals surface area contributed by atoms with Crippen LogP contribution in [0.25, 0.3) is 0 Å². The smallest absolute Gasteiger partial charge is 0.124 e. The van der Waals surface area contributed by atoms with E-state index in [-0.39, 0.29) is 6.61 Å². The fraction of sp³-hybridized carbons (Fsp3) is 0.294. The molecule has 0 aliphatic heterocycles. The summed E-state index contributed by atoms with van der Waals surface area (Å²) >= 11 is 0. The van der Waals surface area contributed by atoms with Crippen molar-refractivity contribution in [2.45, 2.75) is 6.10 Å². The molecule has 0 amide bonds. The number of hydrogen-bond acceptors (Lipinski definition) is 4. The number of hydrogen-bond donors (Lipinski definition) is 1. The molecule has 4 heteroatoms. The van der Waals surface area contributed by atoms with Crippen molar-refractivity contribution in [2.75, 3.05) is 26.9 Å². The molecule has 0 spiro atoms. The molecule has 0 fully saturated rings. The van der Waals surface area contributed by atoms with Crippen LogP contribution in [-0.4, -0.2) is 32.0 Å². The fourth-order valence-electron chi connectivity index (χ4n) is 1.96. The average molecular weight is 288 g/mol. The van der Waals surface area contributed by atoms with Crippen LogP contribution in [0.4, 0.5) is 0 Å². The maximum absolute atomic E-state index is 10.1. The molecule has 0 radical (unpaired) electrons. The monoisotopic (exact) mass is 288 g/mol. The van der Waals surface area contributed by atoms with Gasteiger partial charge in [0.25, 0.3) is 0 Å². The highest BCUT2D eigenvalue weighted by atomic mass is 16.5. The molecule has 0 bridgehead atoms. The van der Waals surface area contributed by atoms with Gasteiger partial charge in [-0.05, 0) is 18.2 Å². The van der Waals surface area contributed by atoms with Gasteiger partial charge < -0.3 is 19.3 Å². The maximum Gasteiger partial charge on any atom is 0.124 e. The van der Waals surface area contributed by atoms with Crippen LogP contribution in [0.15, 0.2) is 54.6 Å². The van der Waals surface area contributed by atoms with Crippen molar-refractivity contribution < 1.29 is 19.3 Å². The Labute approximate surface area is 124 Å². The molecular weight excluding hydrogens is 268 g/mol. The molecule has 0 heterocycles. The van der Waals surface area contributed by atoms with Gasteiger partial charge in [0.1, 0.15) is 24.2 Å². The summed E-state index contributed by atoms with van der Waals surface area (Å²) in [6.45, 7) is 1.07. The van der Waals surface area contributed by atoms with Crippen LogP contribution in [0.2, 0.25) is 0 Å². The molecule has 1 N–H and O–H groups in total. The molecular formula is C17H20O4. The van der Waals surface area contributed by atoms with Crippen LogP contribution in [0.5, 0.6) is 11.5 Å². The van der Waals surface area contributed by atoms with Crippen LogP contribution >= 0.6 is 0 Å². The van der Waals surface area contributed by atoms with Crippen LogP contribution in [0.3, 0.4) is 0 Å². The third-order valence-corrected chi connectivity index (χ3v) is 3.01. The van der Waals surface area contributed by atoms with E-state index in [1.807, 2.05) is 54.6 Å². The predicted molar refractivity (Wildman–Crippen MR) is 80.7 cm³/mol. The van der Waals surface area contributed by atoms with Gasteiger partial charge in [-0.15, -0.1) is 0 Å². The number of aliphatic hydroxyl groups excluding tert-OH is 1. The molecule has 2 rings (SSSR count). The topological polar surface area (TPSA) is 47.9 Å². The molecule has 0 saturated carbocycles. The number of ether oxygens (including phenoxy) is 3. The molecule has 0 aromatic heterocycles. The summed E-state index contributed by atoms with van der Waals surface area (Å²) in [5.41, 5.74) is 0.726. The summed E-state index contributed by atoms with van der Waals surface area (Å²) in [6, 6.07) is 16.9. The van der Waals surface area contributed by atoms with Gasteiger partial charge in [-0.1, -0.05) is 36.4 Å². The van der Waals surface area contributed by atoms with Crippen molar-refractivity contribution in [3.05, 3.63) is 60.2 Å². The third-order valence-electron chi connectivity index (χ3n) is 3.01. The van der Waals surface area contributed by atoms with Gasteiger partial charge in [0.15, 0.2) is 0 Å². The second-order valence-electron chi connectivity index (χ2n) is 4.49. The van der Waals surface area contributed by atoms with Crippen molar-refractivity contribution in [3.8, 4) is 11.5 Å². The molecule has 2 aromatic carbocycles. The second kappa shape index (κ2) is 8.29. The Hall–Kier alpha value is -2.04. The van der Waals surface area contributed by atoms with Crippen molar-refractivity contribution in [3.63, 3.8) is 0 Å². The third kappa shape index (κ3) is 4.77. The fourth-order valence-corrected chi connectivity index (χ4v) is 1.96. The van der Waals surface area contributed by atoms with Crippen molar-refractivity contribution in [1.82, 2.24) is 0 Å². The molecule has 1 atom stereocenters. The molecule has 0 aliphatic rings. The Bertz CT molecular complexity index is 527. The molecule has 2 aromatic rings. The van der Waals surface area contributed by atoms with E-state index in [0.29, 0.717) is 19.0 Å². The van der Waals surface area contributed by atoms with Gasteiger partial charge in [-0.25, -0.2) is 0 Å². The van der Waals surface area contributed by atoms with Gasteiger partial charge in [0.2, 0.25) is 0 Å². The minimum Gasteiger partial charge on any atom is -0.496 e. The average Bonchev–Trinajstić information content (AvgIpc) is 2.55. The first-order valence-corrected chi connectivity index (χ1v) is 6.88. The lowest BCUT2D eigenvalue weighted by Gasteiger charge is -2.15. The number of benzene rings is 2. The first-order valence-electron chi connectivity index (χ1n) is 6.88. The quantitative estimate of drug-likeness (QED) is 0.759. The Balaban J connectivity index is 1.71. The largest absolute Gasteiger partial charge is 0.496 e. The molecule has 0 saturated heterocycles. The first kappa shape index (κ1) is 15.4. The summed E-state index contributed by atoms with van der Waals surface area (Å²) in [6.07, 6.45) is -0.710. The van der Waals surface area contributed by atoms with Crippen LogP contribution < -0.4 is 9.47 Å². The summed E-state index contributed by atoms with van der Waals surface area (Å²) in [7, 11) is 1.58. The lowest BCUT2D eigenvalue weighted by Crippen LogP contribution is -2.13. The molecule has 21 heavy (non-hydrogen) atoms. The van der Waals surface area contributed by atoms with Gasteiger partial charge in [0, 0.05) is 5.56 Å². The molecule has 112 valence electrons. The Morgan fingerprint density at radius 2 is 1.67 bits per heavy atom. The summed E-state index contributed by atoms with van der Waals surface area (Å²) in [4.78, 5) is 0. The Morgan fingerprint density at radius 3 is 2.43 bits per heavy atom. The van der Waals surface area contributed by atoms with E-state index in [1.165, 1.54) is 0 Å². The van der Waals surface area contributed by atoms with Crippen molar-refractivity contribution >= 4 is 0 Å². The van der Waals surface area contributed by atoms with Gasteiger partial charge in [0.05, 0.1) is 20.3 Å². The van der Waals surface area contributed by atoms with E-state index in [1.54, 1.807) is 7.11 Å². The molecule has 0 aliphatic carbocycles. The van der Waals surface area contributed by atoms with E-state index in [0.717, 1.165) is 11.3 Å². The lowest BCUT2D eigenvalue weighted by atomic mass is 10.1.